The van der Waals surface area contributed by atoms with E-state index in [1.165, 1.54) is 19.3 Å². The van der Waals surface area contributed by atoms with E-state index in [-0.39, 0.29) is 12.2 Å². The van der Waals surface area contributed by atoms with Crippen molar-refractivity contribution in [2.24, 2.45) is 0 Å². The van der Waals surface area contributed by atoms with Gasteiger partial charge in [0.1, 0.15) is 12.2 Å². The van der Waals surface area contributed by atoms with Gasteiger partial charge in [-0.1, -0.05) is 18.6 Å². The van der Waals surface area contributed by atoms with E-state index in [1.807, 2.05) is 0 Å². The fraction of sp³-hybridized carbons (Fsp3) is 0.769. The molecule has 0 bridgehead atoms. The lowest BCUT2D eigenvalue weighted by atomic mass is 9.98. The van der Waals surface area contributed by atoms with Gasteiger partial charge in [-0.2, -0.15) is 0 Å². The number of ether oxygens (including phenoxy) is 2. The third-order valence-corrected chi connectivity index (χ3v) is 3.30. The first-order valence-electron chi connectivity index (χ1n) is 6.37. The van der Waals surface area contributed by atoms with Crippen molar-refractivity contribution in [3.05, 3.63) is 12.2 Å². The SMILES string of the molecule is O=C(OC1CC=CCC1)OC1CCCCC1. The number of carbonyl (C=O) groups excluding carboxylic acids is 1. The van der Waals surface area contributed by atoms with Gasteiger partial charge in [0.15, 0.2) is 0 Å². The van der Waals surface area contributed by atoms with Gasteiger partial charge in [0, 0.05) is 6.42 Å². The maximum Gasteiger partial charge on any atom is 0.508 e. The number of rotatable bonds is 2. The van der Waals surface area contributed by atoms with Crippen molar-refractivity contribution in [1.82, 2.24) is 0 Å². The summed E-state index contributed by atoms with van der Waals surface area (Å²) in [5.41, 5.74) is 0. The van der Waals surface area contributed by atoms with E-state index in [4.69, 9.17) is 9.47 Å². The van der Waals surface area contributed by atoms with Crippen molar-refractivity contribution < 1.29 is 14.3 Å². The molecule has 0 aromatic rings. The molecule has 0 radical (unpaired) electrons. The number of hydrogen-bond acceptors (Lipinski definition) is 3. The fourth-order valence-corrected chi connectivity index (χ4v) is 2.36. The van der Waals surface area contributed by atoms with Crippen LogP contribution in [0.25, 0.3) is 0 Å². The first-order chi connectivity index (χ1) is 7.84. The minimum absolute atomic E-state index is 0.0288. The van der Waals surface area contributed by atoms with Crippen LogP contribution in [-0.4, -0.2) is 18.4 Å². The van der Waals surface area contributed by atoms with E-state index in [0.29, 0.717) is 0 Å². The highest BCUT2D eigenvalue weighted by Gasteiger charge is 2.21. The summed E-state index contributed by atoms with van der Waals surface area (Å²) in [6.45, 7) is 0. The summed E-state index contributed by atoms with van der Waals surface area (Å²) >= 11 is 0. The third-order valence-electron chi connectivity index (χ3n) is 3.30. The van der Waals surface area contributed by atoms with Gasteiger partial charge in [-0.3, -0.25) is 0 Å². The zero-order chi connectivity index (χ0) is 11.2. The molecular formula is C13H20O3. The normalized spacial score (nSPS) is 26.4. The van der Waals surface area contributed by atoms with Crippen LogP contribution in [0.5, 0.6) is 0 Å². The largest absolute Gasteiger partial charge is 0.508 e. The van der Waals surface area contributed by atoms with Gasteiger partial charge in [0.25, 0.3) is 0 Å². The van der Waals surface area contributed by atoms with Crippen molar-refractivity contribution in [2.75, 3.05) is 0 Å². The second-order valence-electron chi connectivity index (χ2n) is 4.65. The molecule has 3 heteroatoms. The van der Waals surface area contributed by atoms with Crippen LogP contribution < -0.4 is 0 Å². The molecule has 2 aliphatic carbocycles. The van der Waals surface area contributed by atoms with Gasteiger partial charge in [-0.15, -0.1) is 0 Å². The lowest BCUT2D eigenvalue weighted by Crippen LogP contribution is -2.25. The van der Waals surface area contributed by atoms with E-state index in [1.54, 1.807) is 0 Å². The highest BCUT2D eigenvalue weighted by atomic mass is 16.7. The molecule has 90 valence electrons. The van der Waals surface area contributed by atoms with Gasteiger partial charge in [-0.25, -0.2) is 4.79 Å². The highest BCUT2D eigenvalue weighted by molar-refractivity contribution is 5.60. The summed E-state index contributed by atoms with van der Waals surface area (Å²) in [6, 6.07) is 0. The Hall–Kier alpha value is -0.990. The van der Waals surface area contributed by atoms with Crippen molar-refractivity contribution >= 4 is 6.16 Å². The molecule has 2 aliphatic rings. The molecule has 2 rings (SSSR count). The Morgan fingerprint density at radius 1 is 0.938 bits per heavy atom. The van der Waals surface area contributed by atoms with Gasteiger partial charge in [0.05, 0.1) is 0 Å². The van der Waals surface area contributed by atoms with E-state index in [0.717, 1.165) is 32.1 Å². The lowest BCUT2D eigenvalue weighted by Gasteiger charge is -2.23. The third kappa shape index (κ3) is 3.54. The Morgan fingerprint density at radius 3 is 2.38 bits per heavy atom. The molecule has 0 aliphatic heterocycles. The molecule has 0 aromatic carbocycles. The summed E-state index contributed by atoms with van der Waals surface area (Å²) in [6.07, 6.45) is 12.2. The lowest BCUT2D eigenvalue weighted by molar-refractivity contribution is -0.0125. The molecule has 0 heterocycles. The number of allylic oxidation sites excluding steroid dienone is 1. The zero-order valence-electron chi connectivity index (χ0n) is 9.69. The second kappa shape index (κ2) is 5.92. The van der Waals surface area contributed by atoms with Crippen molar-refractivity contribution in [3.63, 3.8) is 0 Å². The summed E-state index contributed by atoms with van der Waals surface area (Å²) < 4.78 is 10.6. The van der Waals surface area contributed by atoms with Crippen LogP contribution in [0.4, 0.5) is 4.79 Å². The Bertz CT molecular complexity index is 254. The Labute approximate surface area is 96.8 Å². The summed E-state index contributed by atoms with van der Waals surface area (Å²) in [4.78, 5) is 11.5. The minimum Gasteiger partial charge on any atom is -0.431 e. The van der Waals surface area contributed by atoms with Crippen LogP contribution in [-0.2, 0) is 9.47 Å². The van der Waals surface area contributed by atoms with E-state index in [9.17, 15) is 4.79 Å². The molecule has 1 atom stereocenters. The maximum absolute atomic E-state index is 11.5. The van der Waals surface area contributed by atoms with E-state index in [2.05, 4.69) is 12.2 Å². The number of hydrogen-bond donors (Lipinski definition) is 0. The quantitative estimate of drug-likeness (QED) is 0.531. The van der Waals surface area contributed by atoms with Crippen LogP contribution >= 0.6 is 0 Å². The second-order valence-corrected chi connectivity index (χ2v) is 4.65. The predicted molar refractivity (Wildman–Crippen MR) is 61.2 cm³/mol. The van der Waals surface area contributed by atoms with Crippen LogP contribution in [0, 0.1) is 0 Å². The van der Waals surface area contributed by atoms with Crippen LogP contribution in [0.1, 0.15) is 51.4 Å². The molecule has 3 nitrogen and oxygen atoms in total. The maximum atomic E-state index is 11.5. The highest BCUT2D eigenvalue weighted by Crippen LogP contribution is 2.22. The Balaban J connectivity index is 1.68. The van der Waals surface area contributed by atoms with Gasteiger partial charge < -0.3 is 9.47 Å². The van der Waals surface area contributed by atoms with Crippen LogP contribution in [0.3, 0.4) is 0 Å². The molecule has 0 spiro atoms. The standard InChI is InChI=1S/C13H20O3/c14-13(15-11-7-3-1-4-8-11)16-12-9-5-2-6-10-12/h1,3,11-12H,2,4-10H2. The predicted octanol–water partition coefficient (Wildman–Crippen LogP) is 3.58. The average Bonchev–Trinajstić information content (AvgIpc) is 2.31. The smallest absolute Gasteiger partial charge is 0.431 e. The van der Waals surface area contributed by atoms with Crippen molar-refractivity contribution in [2.45, 2.75) is 63.6 Å². The molecule has 1 unspecified atom stereocenters. The van der Waals surface area contributed by atoms with Gasteiger partial charge in [0.2, 0.25) is 0 Å². The van der Waals surface area contributed by atoms with Crippen LogP contribution in [0.15, 0.2) is 12.2 Å². The minimum atomic E-state index is -0.466. The van der Waals surface area contributed by atoms with E-state index < -0.39 is 6.16 Å². The first kappa shape index (κ1) is 11.5. The molecule has 0 amide bonds. The average molecular weight is 224 g/mol. The van der Waals surface area contributed by atoms with Crippen molar-refractivity contribution in [1.29, 1.82) is 0 Å². The molecule has 0 saturated heterocycles. The van der Waals surface area contributed by atoms with E-state index >= 15 is 0 Å². The van der Waals surface area contributed by atoms with Crippen LogP contribution in [0.2, 0.25) is 0 Å². The molecule has 0 aromatic heterocycles. The van der Waals surface area contributed by atoms with Crippen molar-refractivity contribution in [3.8, 4) is 0 Å². The fourth-order valence-electron chi connectivity index (χ4n) is 2.36. The first-order valence-corrected chi connectivity index (χ1v) is 6.37. The molecule has 0 N–H and O–H groups in total. The number of carbonyl (C=O) groups is 1. The molecular weight excluding hydrogens is 204 g/mol. The summed E-state index contributed by atoms with van der Waals surface area (Å²) in [7, 11) is 0. The monoisotopic (exact) mass is 224 g/mol. The summed E-state index contributed by atoms with van der Waals surface area (Å²) in [5, 5.41) is 0. The Kier molecular flexibility index (Phi) is 4.25. The molecule has 1 fully saturated rings. The Morgan fingerprint density at radius 2 is 1.69 bits per heavy atom. The summed E-state index contributed by atoms with van der Waals surface area (Å²) in [5.74, 6) is 0. The molecule has 1 saturated carbocycles. The van der Waals surface area contributed by atoms with Gasteiger partial charge >= 0.3 is 6.16 Å². The zero-order valence-corrected chi connectivity index (χ0v) is 9.69. The molecule has 16 heavy (non-hydrogen) atoms. The van der Waals surface area contributed by atoms with Gasteiger partial charge in [-0.05, 0) is 38.5 Å². The topological polar surface area (TPSA) is 35.5 Å².